The number of hydrogen-bond acceptors (Lipinski definition) is 3. The van der Waals surface area contributed by atoms with Gasteiger partial charge in [-0.05, 0) is 37.0 Å². The van der Waals surface area contributed by atoms with Crippen molar-refractivity contribution in [2.75, 3.05) is 0 Å². The maximum absolute atomic E-state index is 11.1. The van der Waals surface area contributed by atoms with Gasteiger partial charge in [-0.3, -0.25) is 4.79 Å². The van der Waals surface area contributed by atoms with E-state index in [1.54, 1.807) is 0 Å². The van der Waals surface area contributed by atoms with Crippen molar-refractivity contribution in [2.45, 2.75) is 25.7 Å². The van der Waals surface area contributed by atoms with Gasteiger partial charge in [0.15, 0.2) is 5.78 Å². The molecule has 0 saturated heterocycles. The molecule has 2 aliphatic rings. The highest BCUT2D eigenvalue weighted by molar-refractivity contribution is 6.03. The molecule has 114 valence electrons. The minimum Gasteiger partial charge on any atom is -0.478 e. The zero-order valence-corrected chi connectivity index (χ0v) is 11.9. The molecule has 3 rings (SSSR count). The quantitative estimate of drug-likeness (QED) is 0.875. The fraction of sp³-hybridized carbons (Fsp3) is 0.235. The molecular weight excluding hydrogens is 284 g/mol. The Morgan fingerprint density at radius 1 is 0.864 bits per heavy atom. The van der Waals surface area contributed by atoms with Crippen molar-refractivity contribution >= 4 is 17.7 Å². The minimum atomic E-state index is -1.23. The van der Waals surface area contributed by atoms with E-state index < -0.39 is 11.9 Å². The summed E-state index contributed by atoms with van der Waals surface area (Å²) in [5, 5.41) is 17.1. The first-order valence-electron chi connectivity index (χ1n) is 6.99. The average molecular weight is 300 g/mol. The smallest absolute Gasteiger partial charge is 0.336 e. The van der Waals surface area contributed by atoms with Crippen LogP contribution < -0.4 is 0 Å². The highest BCUT2D eigenvalue weighted by atomic mass is 16.4. The summed E-state index contributed by atoms with van der Waals surface area (Å²) in [6.07, 6.45) is 8.23. The lowest BCUT2D eigenvalue weighted by Gasteiger charge is -2.04. The second-order valence-electron chi connectivity index (χ2n) is 5.00. The van der Waals surface area contributed by atoms with Gasteiger partial charge in [-0.15, -0.1) is 0 Å². The molecule has 0 aliphatic heterocycles. The van der Waals surface area contributed by atoms with E-state index in [0.717, 1.165) is 31.3 Å². The number of benzene rings is 1. The summed E-state index contributed by atoms with van der Waals surface area (Å²) >= 11 is 0. The second-order valence-corrected chi connectivity index (χ2v) is 5.00. The zero-order valence-electron chi connectivity index (χ0n) is 11.9. The zero-order chi connectivity index (χ0) is 16.1. The van der Waals surface area contributed by atoms with Crippen LogP contribution in [0.15, 0.2) is 47.6 Å². The van der Waals surface area contributed by atoms with Gasteiger partial charge in [0.2, 0.25) is 0 Å². The van der Waals surface area contributed by atoms with E-state index in [-0.39, 0.29) is 11.1 Å². The molecule has 2 aliphatic carbocycles. The lowest BCUT2D eigenvalue weighted by atomic mass is 10.0. The molecular formula is C17H16O5. The van der Waals surface area contributed by atoms with Crippen LogP contribution in [0.2, 0.25) is 0 Å². The van der Waals surface area contributed by atoms with Gasteiger partial charge < -0.3 is 10.2 Å². The molecule has 0 spiro atoms. The second kappa shape index (κ2) is 6.85. The molecule has 0 aromatic heterocycles. The number of hydrogen-bond donors (Lipinski definition) is 2. The molecule has 22 heavy (non-hydrogen) atoms. The Morgan fingerprint density at radius 3 is 1.91 bits per heavy atom. The van der Waals surface area contributed by atoms with Crippen molar-refractivity contribution < 1.29 is 24.6 Å². The van der Waals surface area contributed by atoms with E-state index in [9.17, 15) is 14.4 Å². The number of Topliss-reactive ketones (excluding diaryl/α,β-unsaturated/α-hetero) is 1. The molecule has 0 unspecified atom stereocenters. The van der Waals surface area contributed by atoms with Crippen LogP contribution in [-0.4, -0.2) is 27.9 Å². The Kier molecular flexibility index (Phi) is 4.88. The predicted molar refractivity (Wildman–Crippen MR) is 80.0 cm³/mol. The summed E-state index contributed by atoms with van der Waals surface area (Å²) in [5.41, 5.74) is 1.94. The molecule has 0 heterocycles. The van der Waals surface area contributed by atoms with Crippen LogP contribution in [0.25, 0.3) is 0 Å². The summed E-state index contributed by atoms with van der Waals surface area (Å²) in [5.74, 6) is -2.10. The third-order valence-electron chi connectivity index (χ3n) is 3.56. The molecule has 0 atom stereocenters. The summed E-state index contributed by atoms with van der Waals surface area (Å²) in [6.45, 7) is 0. The largest absolute Gasteiger partial charge is 0.478 e. The highest BCUT2D eigenvalue weighted by Crippen LogP contribution is 2.30. The van der Waals surface area contributed by atoms with Crippen LogP contribution >= 0.6 is 0 Å². The fourth-order valence-electron chi connectivity index (χ4n) is 2.49. The molecule has 0 bridgehead atoms. The topological polar surface area (TPSA) is 91.7 Å². The third kappa shape index (κ3) is 3.49. The molecule has 0 radical (unpaired) electrons. The van der Waals surface area contributed by atoms with E-state index in [2.05, 4.69) is 12.2 Å². The lowest BCUT2D eigenvalue weighted by Crippen LogP contribution is -2.06. The molecule has 1 fully saturated rings. The van der Waals surface area contributed by atoms with Gasteiger partial charge in [-0.1, -0.05) is 24.3 Å². The van der Waals surface area contributed by atoms with Gasteiger partial charge >= 0.3 is 11.9 Å². The van der Waals surface area contributed by atoms with Gasteiger partial charge in [0.1, 0.15) is 0 Å². The lowest BCUT2D eigenvalue weighted by molar-refractivity contribution is -0.114. The van der Waals surface area contributed by atoms with Gasteiger partial charge in [-0.25, -0.2) is 9.59 Å². The van der Waals surface area contributed by atoms with Gasteiger partial charge in [-0.2, -0.15) is 0 Å². The highest BCUT2D eigenvalue weighted by Gasteiger charge is 2.22. The standard InChI is InChI=1S/C9H10O.C8H6O4/c10-9-6-5-7-3-1-2-4-8(7)9;9-7(10)5-3-1-2-4-6(5)8(11)12/h3-4H,1-2,5-6H2;1-4H,(H,9,10)(H,11,12). The van der Waals surface area contributed by atoms with Crippen LogP contribution in [-0.2, 0) is 4.79 Å². The molecule has 2 N–H and O–H groups in total. The summed E-state index contributed by atoms with van der Waals surface area (Å²) in [4.78, 5) is 32.0. The maximum atomic E-state index is 11.1. The number of fused-ring (bicyclic) bond motifs is 1. The fourth-order valence-corrected chi connectivity index (χ4v) is 2.49. The summed E-state index contributed by atoms with van der Waals surface area (Å²) < 4.78 is 0. The van der Waals surface area contributed by atoms with Crippen LogP contribution in [0.3, 0.4) is 0 Å². The van der Waals surface area contributed by atoms with E-state index in [1.807, 2.05) is 0 Å². The minimum absolute atomic E-state index is 0.190. The van der Waals surface area contributed by atoms with Crippen LogP contribution in [0.5, 0.6) is 0 Å². The number of carbonyl (C=O) groups excluding carboxylic acids is 1. The number of carboxylic acids is 2. The van der Waals surface area contributed by atoms with Crippen LogP contribution in [0, 0.1) is 0 Å². The van der Waals surface area contributed by atoms with Gasteiger partial charge in [0.25, 0.3) is 0 Å². The number of carbonyl (C=O) groups is 3. The predicted octanol–water partition coefficient (Wildman–Crippen LogP) is 3.08. The number of allylic oxidation sites excluding steroid dienone is 4. The first-order valence-corrected chi connectivity index (χ1v) is 6.99. The van der Waals surface area contributed by atoms with Crippen LogP contribution in [0.1, 0.15) is 46.4 Å². The van der Waals surface area contributed by atoms with Gasteiger partial charge in [0, 0.05) is 12.0 Å². The normalized spacial score (nSPS) is 15.9. The molecule has 1 aromatic carbocycles. The monoisotopic (exact) mass is 300 g/mol. The van der Waals surface area contributed by atoms with Crippen molar-refractivity contribution in [3.05, 3.63) is 58.7 Å². The summed E-state index contributed by atoms with van der Waals surface area (Å²) in [7, 11) is 0. The number of rotatable bonds is 2. The Balaban J connectivity index is 0.000000162. The average Bonchev–Trinajstić information content (AvgIpc) is 2.90. The molecule has 5 heteroatoms. The Hall–Kier alpha value is -2.69. The number of aromatic carboxylic acids is 2. The van der Waals surface area contributed by atoms with Crippen molar-refractivity contribution in [1.82, 2.24) is 0 Å². The van der Waals surface area contributed by atoms with E-state index >= 15 is 0 Å². The molecule has 1 saturated carbocycles. The number of carboxylic acid groups (broad SMARTS) is 2. The van der Waals surface area contributed by atoms with E-state index in [1.165, 1.54) is 29.8 Å². The first-order chi connectivity index (χ1) is 10.5. The summed E-state index contributed by atoms with van der Waals surface area (Å²) in [6, 6.07) is 5.48. The first kappa shape index (κ1) is 15.7. The Labute approximate surface area is 127 Å². The van der Waals surface area contributed by atoms with E-state index in [4.69, 9.17) is 10.2 Å². The van der Waals surface area contributed by atoms with Crippen molar-refractivity contribution in [1.29, 1.82) is 0 Å². The SMILES string of the molecule is O=C(O)c1ccccc1C(=O)O.O=C1CCC2=CCCC=C12. The molecule has 5 nitrogen and oxygen atoms in total. The molecule has 1 aromatic rings. The van der Waals surface area contributed by atoms with Crippen molar-refractivity contribution in [3.63, 3.8) is 0 Å². The van der Waals surface area contributed by atoms with Crippen molar-refractivity contribution in [2.24, 2.45) is 0 Å². The van der Waals surface area contributed by atoms with Crippen LogP contribution in [0.4, 0.5) is 0 Å². The van der Waals surface area contributed by atoms with Crippen molar-refractivity contribution in [3.8, 4) is 0 Å². The maximum Gasteiger partial charge on any atom is 0.336 e. The molecule has 0 amide bonds. The Bertz CT molecular complexity index is 649. The van der Waals surface area contributed by atoms with E-state index in [0.29, 0.717) is 5.78 Å². The van der Waals surface area contributed by atoms with Gasteiger partial charge in [0.05, 0.1) is 11.1 Å². The Morgan fingerprint density at radius 2 is 1.41 bits per heavy atom. The number of ketones is 1. The third-order valence-corrected chi connectivity index (χ3v) is 3.56.